The number of amides is 1. The summed E-state index contributed by atoms with van der Waals surface area (Å²) in [5, 5.41) is 16.3. The Labute approximate surface area is 163 Å². The summed E-state index contributed by atoms with van der Waals surface area (Å²) < 4.78 is 7.19. The Morgan fingerprint density at radius 2 is 1.86 bits per heavy atom. The molecule has 0 unspecified atom stereocenters. The lowest BCUT2D eigenvalue weighted by Gasteiger charge is -2.13. The Hall–Kier alpha value is -3.35. The summed E-state index contributed by atoms with van der Waals surface area (Å²) in [5.74, 6) is -0.561. The van der Waals surface area contributed by atoms with E-state index < -0.39 is 5.97 Å². The molecule has 7 nitrogen and oxygen atoms in total. The van der Waals surface area contributed by atoms with Crippen LogP contribution < -0.4 is 5.32 Å². The number of carboxylic acids is 1. The summed E-state index contributed by atoms with van der Waals surface area (Å²) in [6, 6.07) is 9.36. The maximum absolute atomic E-state index is 12.7. The standard InChI is InChI=1S/C21H23N3O4/c1-12(2)19-18(11-23-24(19)15-7-5-13(3)6-8-15)20(25)22-10-16-9-17(21(26)27)14(4)28-16/h5-9,11-12H,10H2,1-4H3,(H,22,25)(H,26,27). The van der Waals surface area contributed by atoms with Gasteiger partial charge < -0.3 is 14.8 Å². The molecule has 0 saturated carbocycles. The molecule has 0 radical (unpaired) electrons. The lowest BCUT2D eigenvalue weighted by Crippen LogP contribution is -2.24. The Morgan fingerprint density at radius 1 is 1.18 bits per heavy atom. The van der Waals surface area contributed by atoms with Crippen LogP contribution in [0.2, 0.25) is 0 Å². The molecule has 3 aromatic rings. The molecule has 0 spiro atoms. The van der Waals surface area contributed by atoms with Crippen molar-refractivity contribution < 1.29 is 19.1 Å². The van der Waals surface area contributed by atoms with Crippen molar-refractivity contribution in [3.05, 3.63) is 70.4 Å². The summed E-state index contributed by atoms with van der Waals surface area (Å²) in [6.45, 7) is 7.71. The van der Waals surface area contributed by atoms with E-state index in [1.807, 2.05) is 45.0 Å². The lowest BCUT2D eigenvalue weighted by molar-refractivity contribution is 0.0694. The van der Waals surface area contributed by atoms with E-state index in [0.29, 0.717) is 17.1 Å². The molecule has 0 aliphatic heterocycles. The number of carboxylic acid groups (broad SMARTS) is 1. The van der Waals surface area contributed by atoms with E-state index in [0.717, 1.165) is 16.9 Å². The van der Waals surface area contributed by atoms with Crippen LogP contribution in [-0.4, -0.2) is 26.8 Å². The van der Waals surface area contributed by atoms with E-state index >= 15 is 0 Å². The van der Waals surface area contributed by atoms with Crippen molar-refractivity contribution >= 4 is 11.9 Å². The van der Waals surface area contributed by atoms with E-state index in [-0.39, 0.29) is 23.9 Å². The molecule has 0 aliphatic carbocycles. The molecule has 0 fully saturated rings. The number of aromatic carboxylic acids is 1. The average molecular weight is 381 g/mol. The zero-order chi connectivity index (χ0) is 20.4. The molecule has 0 aliphatic rings. The Bertz CT molecular complexity index is 1010. The van der Waals surface area contributed by atoms with Crippen LogP contribution in [0, 0.1) is 13.8 Å². The van der Waals surface area contributed by atoms with Gasteiger partial charge in [-0.05, 0) is 38.0 Å². The van der Waals surface area contributed by atoms with Gasteiger partial charge in [-0.25, -0.2) is 9.48 Å². The number of nitrogens with zero attached hydrogens (tertiary/aromatic N) is 2. The van der Waals surface area contributed by atoms with E-state index in [1.54, 1.807) is 17.8 Å². The van der Waals surface area contributed by atoms with Gasteiger partial charge in [0, 0.05) is 0 Å². The third-order valence-corrected chi connectivity index (χ3v) is 4.50. The van der Waals surface area contributed by atoms with Gasteiger partial charge in [-0.3, -0.25) is 4.79 Å². The van der Waals surface area contributed by atoms with Gasteiger partial charge in [0.15, 0.2) is 0 Å². The van der Waals surface area contributed by atoms with Gasteiger partial charge in [0.1, 0.15) is 17.1 Å². The maximum Gasteiger partial charge on any atom is 0.339 e. The number of rotatable bonds is 6. The van der Waals surface area contributed by atoms with Gasteiger partial charge >= 0.3 is 5.97 Å². The fourth-order valence-electron chi connectivity index (χ4n) is 3.09. The van der Waals surface area contributed by atoms with Crippen molar-refractivity contribution in [1.29, 1.82) is 0 Å². The van der Waals surface area contributed by atoms with Crippen molar-refractivity contribution in [2.45, 2.75) is 40.2 Å². The summed E-state index contributed by atoms with van der Waals surface area (Å²) in [7, 11) is 0. The molecule has 0 atom stereocenters. The number of furan rings is 1. The smallest absolute Gasteiger partial charge is 0.339 e. The van der Waals surface area contributed by atoms with Crippen molar-refractivity contribution in [2.24, 2.45) is 0 Å². The van der Waals surface area contributed by atoms with Crippen LogP contribution in [0.4, 0.5) is 0 Å². The highest BCUT2D eigenvalue weighted by Gasteiger charge is 2.21. The number of nitrogens with one attached hydrogen (secondary N) is 1. The van der Waals surface area contributed by atoms with Crippen LogP contribution in [0.15, 0.2) is 40.9 Å². The average Bonchev–Trinajstić information content (AvgIpc) is 3.24. The van der Waals surface area contributed by atoms with Crippen LogP contribution in [-0.2, 0) is 6.54 Å². The first-order valence-corrected chi connectivity index (χ1v) is 9.03. The largest absolute Gasteiger partial charge is 0.478 e. The highest BCUT2D eigenvalue weighted by molar-refractivity contribution is 5.95. The second-order valence-corrected chi connectivity index (χ2v) is 7.02. The predicted molar refractivity (Wildman–Crippen MR) is 104 cm³/mol. The van der Waals surface area contributed by atoms with Gasteiger partial charge in [0.25, 0.3) is 5.91 Å². The van der Waals surface area contributed by atoms with Crippen LogP contribution in [0.5, 0.6) is 0 Å². The summed E-state index contributed by atoms with van der Waals surface area (Å²) in [6.07, 6.45) is 1.56. The predicted octanol–water partition coefficient (Wildman–Crippen LogP) is 3.83. The zero-order valence-electron chi connectivity index (χ0n) is 16.3. The molecule has 2 aromatic heterocycles. The minimum Gasteiger partial charge on any atom is -0.478 e. The first-order valence-electron chi connectivity index (χ1n) is 9.03. The normalized spacial score (nSPS) is 11.0. The highest BCUT2D eigenvalue weighted by Crippen LogP contribution is 2.23. The quantitative estimate of drug-likeness (QED) is 0.676. The summed E-state index contributed by atoms with van der Waals surface area (Å²) in [4.78, 5) is 23.9. The van der Waals surface area contributed by atoms with Crippen molar-refractivity contribution in [3.8, 4) is 5.69 Å². The lowest BCUT2D eigenvalue weighted by atomic mass is 10.0. The molecule has 7 heteroatoms. The molecule has 1 amide bonds. The second kappa shape index (κ2) is 7.72. The summed E-state index contributed by atoms with van der Waals surface area (Å²) in [5.41, 5.74) is 3.43. The minimum atomic E-state index is -1.06. The molecule has 2 heterocycles. The molecule has 1 aromatic carbocycles. The number of hydrogen-bond donors (Lipinski definition) is 2. The third kappa shape index (κ3) is 3.83. The molecule has 3 rings (SSSR count). The van der Waals surface area contributed by atoms with Crippen LogP contribution in [0.25, 0.3) is 5.69 Å². The van der Waals surface area contributed by atoms with Gasteiger partial charge in [0.05, 0.1) is 29.7 Å². The Balaban J connectivity index is 1.83. The number of benzene rings is 1. The highest BCUT2D eigenvalue weighted by atomic mass is 16.4. The second-order valence-electron chi connectivity index (χ2n) is 7.02. The molecule has 146 valence electrons. The molecule has 0 saturated heterocycles. The number of aromatic nitrogens is 2. The van der Waals surface area contributed by atoms with E-state index in [9.17, 15) is 9.59 Å². The van der Waals surface area contributed by atoms with E-state index in [4.69, 9.17) is 9.52 Å². The topological polar surface area (TPSA) is 97.4 Å². The summed E-state index contributed by atoms with van der Waals surface area (Å²) >= 11 is 0. The number of carbonyl (C=O) groups is 2. The Kier molecular flexibility index (Phi) is 5.35. The van der Waals surface area contributed by atoms with Crippen LogP contribution in [0.3, 0.4) is 0 Å². The van der Waals surface area contributed by atoms with E-state index in [2.05, 4.69) is 10.4 Å². The van der Waals surface area contributed by atoms with Crippen molar-refractivity contribution in [1.82, 2.24) is 15.1 Å². The number of carbonyl (C=O) groups excluding carboxylic acids is 1. The van der Waals surface area contributed by atoms with Gasteiger partial charge in [-0.1, -0.05) is 31.5 Å². The van der Waals surface area contributed by atoms with E-state index in [1.165, 1.54) is 6.07 Å². The monoisotopic (exact) mass is 381 g/mol. The molecular formula is C21H23N3O4. The molecule has 28 heavy (non-hydrogen) atoms. The SMILES string of the molecule is Cc1ccc(-n2ncc(C(=O)NCc3cc(C(=O)O)c(C)o3)c2C(C)C)cc1. The first kappa shape index (κ1) is 19.4. The Morgan fingerprint density at radius 3 is 2.43 bits per heavy atom. The first-order chi connectivity index (χ1) is 13.3. The van der Waals surface area contributed by atoms with Crippen molar-refractivity contribution in [3.63, 3.8) is 0 Å². The molecule has 2 N–H and O–H groups in total. The number of hydrogen-bond acceptors (Lipinski definition) is 4. The molecular weight excluding hydrogens is 358 g/mol. The van der Waals surface area contributed by atoms with Gasteiger partial charge in [-0.15, -0.1) is 0 Å². The molecule has 0 bridgehead atoms. The number of aryl methyl sites for hydroxylation is 2. The van der Waals surface area contributed by atoms with Gasteiger partial charge in [0.2, 0.25) is 0 Å². The van der Waals surface area contributed by atoms with Crippen LogP contribution >= 0.6 is 0 Å². The fourth-order valence-corrected chi connectivity index (χ4v) is 3.09. The maximum atomic E-state index is 12.7. The van der Waals surface area contributed by atoms with Crippen LogP contribution in [0.1, 0.15) is 63.3 Å². The third-order valence-electron chi connectivity index (χ3n) is 4.50. The fraction of sp³-hybridized carbons (Fsp3) is 0.286. The van der Waals surface area contributed by atoms with Crippen molar-refractivity contribution in [2.75, 3.05) is 0 Å². The van der Waals surface area contributed by atoms with Gasteiger partial charge in [-0.2, -0.15) is 5.10 Å². The minimum absolute atomic E-state index is 0.0778. The zero-order valence-corrected chi connectivity index (χ0v) is 16.3.